The van der Waals surface area contributed by atoms with Gasteiger partial charge in [-0.3, -0.25) is 9.59 Å². The molecule has 2 aliphatic heterocycles. The minimum Gasteiger partial charge on any atom is -0.537 e. The van der Waals surface area contributed by atoms with Crippen molar-refractivity contribution in [1.29, 1.82) is 0 Å². The van der Waals surface area contributed by atoms with E-state index in [2.05, 4.69) is 38.8 Å². The Morgan fingerprint density at radius 1 is 0.648 bits per heavy atom. The lowest BCUT2D eigenvalue weighted by Gasteiger charge is -2.19. The monoisotopic (exact) mass is 1020 g/mol. The molecule has 2 aliphatic carbocycles. The number of carbonyl (C=O) groups is 3. The van der Waals surface area contributed by atoms with Crippen LogP contribution in [0.2, 0.25) is 0 Å². The highest BCUT2D eigenvalue weighted by molar-refractivity contribution is 9.10. The summed E-state index contributed by atoms with van der Waals surface area (Å²) in [4.78, 5) is 37.4. The molecule has 10 rings (SSSR count). The molecule has 2 saturated carbocycles. The van der Waals surface area contributed by atoms with Gasteiger partial charge in [-0.25, -0.2) is 4.79 Å². The molecule has 14 nitrogen and oxygen atoms in total. The fourth-order valence-electron chi connectivity index (χ4n) is 8.14. The van der Waals surface area contributed by atoms with E-state index in [1.165, 1.54) is 0 Å². The topological polar surface area (TPSA) is 183 Å². The largest absolute Gasteiger partial charge is 0.569 e. The summed E-state index contributed by atoms with van der Waals surface area (Å²) in [6, 6.07) is 38.1. The first-order chi connectivity index (χ1) is 34.1. The molecule has 0 spiro atoms. The molecule has 6 aromatic rings. The number of alkyl carbamates (subject to hydrolysis) is 1. The number of hydrogen-bond acceptors (Lipinski definition) is 11. The first-order valence-electron chi connectivity index (χ1n) is 23.3. The van der Waals surface area contributed by atoms with Gasteiger partial charge in [-0.15, -0.1) is 0 Å². The number of fused-ring (bicyclic) bond motifs is 2. The molecule has 5 N–H and O–H groups in total. The number of ether oxygens (including phenoxy) is 5. The summed E-state index contributed by atoms with van der Waals surface area (Å²) < 4.78 is 32.5. The van der Waals surface area contributed by atoms with Crippen molar-refractivity contribution in [1.82, 2.24) is 5.32 Å². The van der Waals surface area contributed by atoms with E-state index in [0.29, 0.717) is 25.7 Å². The number of benzene rings is 6. The number of nitrogens with one attached hydrogen (secondary N) is 3. The highest BCUT2D eigenvalue weighted by Crippen LogP contribution is 2.52. The van der Waals surface area contributed by atoms with Crippen molar-refractivity contribution < 1.29 is 52.9 Å². The van der Waals surface area contributed by atoms with E-state index in [4.69, 9.17) is 33.4 Å². The Balaban J connectivity index is 0.000000148. The minimum atomic E-state index is -0.505. The third-order valence-electron chi connectivity index (χ3n) is 12.5. The molecular formula is C55H56BBrN3O11. The molecule has 1 radical (unpaired) electrons. The summed E-state index contributed by atoms with van der Waals surface area (Å²) in [5.41, 5.74) is 8.25. The summed E-state index contributed by atoms with van der Waals surface area (Å²) >= 11 is 3.50. The Kier molecular flexibility index (Phi) is 15.3. The zero-order chi connectivity index (χ0) is 50.3. The maximum absolute atomic E-state index is 13.2. The number of aryl methyl sites for hydroxylation is 2. The maximum atomic E-state index is 13.2. The summed E-state index contributed by atoms with van der Waals surface area (Å²) in [6.07, 6.45) is 2.89. The van der Waals surface area contributed by atoms with E-state index in [9.17, 15) is 19.5 Å². The van der Waals surface area contributed by atoms with Crippen molar-refractivity contribution in [2.45, 2.75) is 89.9 Å². The number of aliphatic hydroxyl groups excluding tert-OH is 1. The Morgan fingerprint density at radius 3 is 1.65 bits per heavy atom. The number of halogens is 1. The molecule has 367 valence electrons. The van der Waals surface area contributed by atoms with Crippen molar-refractivity contribution in [2.24, 2.45) is 0 Å². The van der Waals surface area contributed by atoms with Crippen molar-refractivity contribution in [2.75, 3.05) is 24.2 Å². The van der Waals surface area contributed by atoms with Gasteiger partial charge in [0.15, 0.2) is 23.0 Å². The smallest absolute Gasteiger partial charge is 0.537 e. The van der Waals surface area contributed by atoms with Crippen LogP contribution in [-0.2, 0) is 38.3 Å². The van der Waals surface area contributed by atoms with Gasteiger partial charge in [-0.1, -0.05) is 76.6 Å². The molecule has 6 aromatic carbocycles. The number of hydrogen-bond donors (Lipinski definition) is 5. The van der Waals surface area contributed by atoms with E-state index < -0.39 is 22.5 Å². The van der Waals surface area contributed by atoms with Crippen molar-refractivity contribution in [3.8, 4) is 39.9 Å². The highest BCUT2D eigenvalue weighted by Gasteiger charge is 2.52. The van der Waals surface area contributed by atoms with E-state index in [-0.39, 0.29) is 32.0 Å². The molecule has 0 aromatic heterocycles. The molecule has 0 bridgehead atoms. The predicted octanol–water partition coefficient (Wildman–Crippen LogP) is 10.3. The third-order valence-corrected chi connectivity index (χ3v) is 13.4. The Labute approximate surface area is 422 Å². The van der Waals surface area contributed by atoms with E-state index in [0.717, 1.165) is 103 Å². The van der Waals surface area contributed by atoms with Crippen LogP contribution in [0.1, 0.15) is 79.8 Å². The molecule has 71 heavy (non-hydrogen) atoms. The Morgan fingerprint density at radius 2 is 1.15 bits per heavy atom. The van der Waals surface area contributed by atoms with Crippen LogP contribution in [0.25, 0.3) is 11.1 Å². The standard InChI is InChI=1S/C25H23NO4.C18H16BrNO3.C12H17BNO4/c1-16-2-8-20(13-21(16)18-5-3-17(14-27)4-6-18)26-24(28)25(10-11-25)19-7-9-22-23(12-19)30-15-29-22;1-11-2-4-13(9-14(11)19)20-17(21)18(6-7-18)12-3-5-15-16(8-12)23-10-22-15;1-12(2,3)17-11(15)14-8-9-4-6-10(7-5-9)18-13-16/h2-9,12-13,27H,10-11,14-15H2,1H3,(H,26,28);2-5,8-9H,6-7,10H2,1H3,(H,20,21);4-7,16H,8H2,1-3H3,(H,14,15). The van der Waals surface area contributed by atoms with Gasteiger partial charge in [-0.2, -0.15) is 0 Å². The van der Waals surface area contributed by atoms with Crippen molar-refractivity contribution in [3.63, 3.8) is 0 Å². The lowest BCUT2D eigenvalue weighted by molar-refractivity contribution is -0.119. The second-order valence-corrected chi connectivity index (χ2v) is 19.6. The molecule has 0 unspecified atom stereocenters. The summed E-state index contributed by atoms with van der Waals surface area (Å²) in [6.45, 7) is 10.4. The van der Waals surface area contributed by atoms with Crippen LogP contribution >= 0.6 is 15.9 Å². The third kappa shape index (κ3) is 12.3. The zero-order valence-electron chi connectivity index (χ0n) is 40.2. The fourth-order valence-corrected chi connectivity index (χ4v) is 8.52. The fraction of sp³-hybridized carbons (Fsp3) is 0.291. The van der Waals surface area contributed by atoms with Crippen LogP contribution in [0.5, 0.6) is 28.7 Å². The molecule has 0 atom stereocenters. The van der Waals surface area contributed by atoms with E-state index >= 15 is 0 Å². The number of anilines is 2. The van der Waals surface area contributed by atoms with E-state index in [1.807, 2.05) is 125 Å². The minimum absolute atomic E-state index is 0.00629. The second kappa shape index (κ2) is 21.6. The van der Waals surface area contributed by atoms with Gasteiger partial charge in [0.2, 0.25) is 25.4 Å². The summed E-state index contributed by atoms with van der Waals surface area (Å²) in [5.74, 6) is 3.46. The quantitative estimate of drug-likeness (QED) is 0.0736. The van der Waals surface area contributed by atoms with Gasteiger partial charge in [-0.05, 0) is 165 Å². The molecule has 4 aliphatic rings. The van der Waals surface area contributed by atoms with Gasteiger partial charge < -0.3 is 54.4 Å². The van der Waals surface area contributed by atoms with Crippen LogP contribution in [-0.4, -0.2) is 54.9 Å². The molecule has 16 heteroatoms. The lowest BCUT2D eigenvalue weighted by Crippen LogP contribution is -2.32. The first-order valence-corrected chi connectivity index (χ1v) is 24.1. The van der Waals surface area contributed by atoms with Crippen LogP contribution in [0, 0.1) is 13.8 Å². The predicted molar refractivity (Wildman–Crippen MR) is 274 cm³/mol. The molecule has 0 saturated heterocycles. The number of rotatable bonds is 12. The van der Waals surface area contributed by atoms with Gasteiger partial charge in [0.05, 0.1) is 23.2 Å². The normalized spacial score (nSPS) is 14.8. The molecule has 3 amide bonds. The maximum Gasteiger partial charge on any atom is 0.569 e. The van der Waals surface area contributed by atoms with Crippen LogP contribution in [0.15, 0.2) is 126 Å². The number of aliphatic hydroxyl groups is 1. The van der Waals surface area contributed by atoms with Crippen molar-refractivity contribution in [3.05, 3.63) is 159 Å². The molecular weight excluding hydrogens is 969 g/mol. The van der Waals surface area contributed by atoms with Crippen molar-refractivity contribution >= 4 is 52.9 Å². The van der Waals surface area contributed by atoms with Gasteiger partial charge in [0.25, 0.3) is 0 Å². The number of amides is 3. The highest BCUT2D eigenvalue weighted by atomic mass is 79.9. The average Bonchev–Trinajstić information content (AvgIpc) is 4.25. The first kappa shape index (κ1) is 50.4. The second-order valence-electron chi connectivity index (χ2n) is 18.8. The number of carbonyl (C=O) groups excluding carboxylic acids is 3. The SMILES string of the molecule is CC(C)(C)OC(=O)NCc1ccc(O[B]O)cc1.Cc1ccc(NC(=O)C2(c3ccc4c(c3)OCO4)CC2)cc1-c1ccc(CO)cc1.Cc1ccc(NC(=O)C2(c3ccc4c(c3)OCO4)CC2)cc1Br. The van der Waals surface area contributed by atoms with Gasteiger partial charge in [0, 0.05) is 22.4 Å². The molecule has 2 fully saturated rings. The Hall–Kier alpha value is -7.01. The average molecular weight is 1030 g/mol. The van der Waals surface area contributed by atoms with Crippen LogP contribution in [0.4, 0.5) is 16.2 Å². The summed E-state index contributed by atoms with van der Waals surface area (Å²) in [5, 5.41) is 26.5. The van der Waals surface area contributed by atoms with Crippen LogP contribution < -0.4 is 39.6 Å². The van der Waals surface area contributed by atoms with Gasteiger partial charge >= 0.3 is 13.8 Å². The van der Waals surface area contributed by atoms with Crippen LogP contribution in [0.3, 0.4) is 0 Å². The zero-order valence-corrected chi connectivity index (χ0v) is 41.8. The van der Waals surface area contributed by atoms with E-state index in [1.54, 1.807) is 24.3 Å². The molecule has 2 heterocycles. The Bertz CT molecular complexity index is 2900. The lowest BCUT2D eigenvalue weighted by atomic mass is 9.94. The summed E-state index contributed by atoms with van der Waals surface area (Å²) in [7, 11) is 0.619. The van der Waals surface area contributed by atoms with Gasteiger partial charge in [0.1, 0.15) is 5.60 Å².